The Hall–Kier alpha value is -2.17. The molecule has 0 aliphatic heterocycles. The molecule has 23 heavy (non-hydrogen) atoms. The molecule has 0 spiro atoms. The zero-order chi connectivity index (χ0) is 16.2. The molecule has 0 saturated carbocycles. The number of nitrogens with one attached hydrogen (secondary N) is 1. The molecule has 0 aliphatic carbocycles. The van der Waals surface area contributed by atoms with Gasteiger partial charge >= 0.3 is 0 Å². The molecule has 0 unspecified atom stereocenters. The van der Waals surface area contributed by atoms with Crippen LogP contribution in [0.15, 0.2) is 54.6 Å². The van der Waals surface area contributed by atoms with Gasteiger partial charge in [-0.05, 0) is 30.7 Å². The highest BCUT2D eigenvalue weighted by molar-refractivity contribution is 7.16. The number of aromatic nitrogens is 1. The van der Waals surface area contributed by atoms with Gasteiger partial charge in [0.15, 0.2) is 5.13 Å². The van der Waals surface area contributed by atoms with Gasteiger partial charge in [-0.3, -0.25) is 10.1 Å². The molecule has 1 amide bonds. The summed E-state index contributed by atoms with van der Waals surface area (Å²) in [5.41, 5.74) is 2.56. The van der Waals surface area contributed by atoms with Crippen LogP contribution >= 0.6 is 22.9 Å². The summed E-state index contributed by atoms with van der Waals surface area (Å²) in [6.45, 7) is 2.09. The standard InChI is InChI=1S/C18H15ClN2OS/c1-2-15-16(12-6-4-3-5-7-12)20-18(23-15)21-17(22)13-8-10-14(19)11-9-13/h3-11H,2H2,1H3,(H,20,21,22). The first-order valence-corrected chi connectivity index (χ1v) is 8.49. The topological polar surface area (TPSA) is 42.0 Å². The first kappa shape index (κ1) is 15.7. The fourth-order valence-electron chi connectivity index (χ4n) is 2.24. The monoisotopic (exact) mass is 342 g/mol. The Kier molecular flexibility index (Phi) is 4.74. The van der Waals surface area contributed by atoms with Crippen molar-refractivity contribution in [2.24, 2.45) is 0 Å². The third kappa shape index (κ3) is 3.60. The number of hydrogen-bond acceptors (Lipinski definition) is 3. The molecule has 0 radical (unpaired) electrons. The van der Waals surface area contributed by atoms with Gasteiger partial charge in [0.1, 0.15) is 0 Å². The quantitative estimate of drug-likeness (QED) is 0.701. The number of halogens is 1. The van der Waals surface area contributed by atoms with E-state index < -0.39 is 0 Å². The van der Waals surface area contributed by atoms with Crippen LogP contribution in [0.5, 0.6) is 0 Å². The number of amides is 1. The molecule has 0 saturated heterocycles. The smallest absolute Gasteiger partial charge is 0.257 e. The van der Waals surface area contributed by atoms with Crippen molar-refractivity contribution in [1.29, 1.82) is 0 Å². The van der Waals surface area contributed by atoms with Crippen LogP contribution < -0.4 is 5.32 Å². The van der Waals surface area contributed by atoms with Crippen LogP contribution in [-0.4, -0.2) is 10.9 Å². The predicted octanol–water partition coefficient (Wildman–Crippen LogP) is 5.28. The molecule has 3 rings (SSSR count). The average Bonchev–Trinajstić information content (AvgIpc) is 2.99. The minimum absolute atomic E-state index is 0.183. The number of anilines is 1. The Labute approximate surface area is 144 Å². The SMILES string of the molecule is CCc1sc(NC(=O)c2ccc(Cl)cc2)nc1-c1ccccc1. The number of thiazole rings is 1. The van der Waals surface area contributed by atoms with Gasteiger partial charge in [0.05, 0.1) is 5.69 Å². The van der Waals surface area contributed by atoms with Crippen molar-refractivity contribution >= 4 is 34.0 Å². The number of aryl methyl sites for hydroxylation is 1. The number of benzene rings is 2. The molecule has 0 aliphatic rings. The van der Waals surface area contributed by atoms with Crippen molar-refractivity contribution in [3.8, 4) is 11.3 Å². The van der Waals surface area contributed by atoms with E-state index >= 15 is 0 Å². The summed E-state index contributed by atoms with van der Waals surface area (Å²) in [5, 5.41) is 4.09. The van der Waals surface area contributed by atoms with E-state index in [0.717, 1.165) is 22.6 Å². The van der Waals surface area contributed by atoms with Gasteiger partial charge in [0.2, 0.25) is 0 Å². The highest BCUT2D eigenvalue weighted by atomic mass is 35.5. The van der Waals surface area contributed by atoms with Gasteiger partial charge in [-0.1, -0.05) is 48.9 Å². The van der Waals surface area contributed by atoms with Crippen molar-refractivity contribution in [3.63, 3.8) is 0 Å². The van der Waals surface area contributed by atoms with Crippen molar-refractivity contribution in [1.82, 2.24) is 4.98 Å². The molecule has 5 heteroatoms. The number of carbonyl (C=O) groups is 1. The summed E-state index contributed by atoms with van der Waals surface area (Å²) < 4.78 is 0. The lowest BCUT2D eigenvalue weighted by Gasteiger charge is -2.01. The van der Waals surface area contributed by atoms with Crippen molar-refractivity contribution in [3.05, 3.63) is 70.1 Å². The van der Waals surface area contributed by atoms with E-state index in [0.29, 0.717) is 15.7 Å². The highest BCUT2D eigenvalue weighted by Crippen LogP contribution is 2.31. The summed E-state index contributed by atoms with van der Waals surface area (Å²) in [6.07, 6.45) is 0.874. The summed E-state index contributed by atoms with van der Waals surface area (Å²) in [7, 11) is 0. The van der Waals surface area contributed by atoms with E-state index in [-0.39, 0.29) is 5.91 Å². The molecule has 0 fully saturated rings. The zero-order valence-corrected chi connectivity index (χ0v) is 14.1. The van der Waals surface area contributed by atoms with Crippen LogP contribution in [0.1, 0.15) is 22.2 Å². The van der Waals surface area contributed by atoms with Gasteiger partial charge in [0, 0.05) is 21.0 Å². The first-order valence-electron chi connectivity index (χ1n) is 7.29. The summed E-state index contributed by atoms with van der Waals surface area (Å²) in [4.78, 5) is 18.0. The number of hydrogen-bond donors (Lipinski definition) is 1. The predicted molar refractivity (Wildman–Crippen MR) is 96.3 cm³/mol. The average molecular weight is 343 g/mol. The van der Waals surface area contributed by atoms with Crippen molar-refractivity contribution in [2.45, 2.75) is 13.3 Å². The molecule has 0 bridgehead atoms. The molecule has 1 heterocycles. The fraction of sp³-hybridized carbons (Fsp3) is 0.111. The van der Waals surface area contributed by atoms with E-state index in [1.54, 1.807) is 24.3 Å². The molecule has 2 aromatic carbocycles. The molecule has 3 aromatic rings. The van der Waals surface area contributed by atoms with Gasteiger partial charge in [-0.15, -0.1) is 11.3 Å². The van der Waals surface area contributed by atoms with Crippen LogP contribution in [-0.2, 0) is 6.42 Å². The maximum absolute atomic E-state index is 12.3. The lowest BCUT2D eigenvalue weighted by molar-refractivity contribution is 0.102. The second kappa shape index (κ2) is 6.94. The molecule has 3 nitrogen and oxygen atoms in total. The largest absolute Gasteiger partial charge is 0.298 e. The molecule has 116 valence electrons. The molecule has 1 aromatic heterocycles. The second-order valence-electron chi connectivity index (χ2n) is 4.97. The van der Waals surface area contributed by atoms with E-state index in [9.17, 15) is 4.79 Å². The maximum atomic E-state index is 12.3. The third-order valence-electron chi connectivity index (χ3n) is 3.39. The summed E-state index contributed by atoms with van der Waals surface area (Å²) in [6, 6.07) is 16.8. The minimum atomic E-state index is -0.183. The lowest BCUT2D eigenvalue weighted by Crippen LogP contribution is -2.11. The van der Waals surface area contributed by atoms with Gasteiger partial charge in [-0.2, -0.15) is 0 Å². The normalized spacial score (nSPS) is 10.5. The summed E-state index contributed by atoms with van der Waals surface area (Å²) in [5.74, 6) is -0.183. The second-order valence-corrected chi connectivity index (χ2v) is 6.49. The Morgan fingerprint density at radius 2 is 1.83 bits per heavy atom. The first-order chi connectivity index (χ1) is 11.2. The van der Waals surface area contributed by atoms with E-state index in [1.165, 1.54) is 11.3 Å². The van der Waals surface area contributed by atoms with E-state index in [4.69, 9.17) is 11.6 Å². The number of nitrogens with zero attached hydrogens (tertiary/aromatic N) is 1. The van der Waals surface area contributed by atoms with Gasteiger partial charge < -0.3 is 0 Å². The number of carbonyl (C=O) groups excluding carboxylic acids is 1. The van der Waals surface area contributed by atoms with Crippen LogP contribution in [0.2, 0.25) is 5.02 Å². The van der Waals surface area contributed by atoms with Crippen LogP contribution in [0.3, 0.4) is 0 Å². The molecular weight excluding hydrogens is 328 g/mol. The zero-order valence-electron chi connectivity index (χ0n) is 12.5. The van der Waals surface area contributed by atoms with Crippen LogP contribution in [0.4, 0.5) is 5.13 Å². The van der Waals surface area contributed by atoms with Crippen LogP contribution in [0.25, 0.3) is 11.3 Å². The minimum Gasteiger partial charge on any atom is -0.298 e. The Bertz CT molecular complexity index is 813. The van der Waals surface area contributed by atoms with Crippen molar-refractivity contribution in [2.75, 3.05) is 5.32 Å². The highest BCUT2D eigenvalue weighted by Gasteiger charge is 2.14. The van der Waals surface area contributed by atoms with E-state index in [1.807, 2.05) is 30.3 Å². The third-order valence-corrected chi connectivity index (χ3v) is 4.76. The molecule has 1 N–H and O–H groups in total. The van der Waals surface area contributed by atoms with Gasteiger partial charge in [-0.25, -0.2) is 4.98 Å². The molecule has 0 atom stereocenters. The van der Waals surface area contributed by atoms with Gasteiger partial charge in [0.25, 0.3) is 5.91 Å². The number of rotatable bonds is 4. The lowest BCUT2D eigenvalue weighted by atomic mass is 10.1. The Balaban J connectivity index is 1.85. The van der Waals surface area contributed by atoms with E-state index in [2.05, 4.69) is 17.2 Å². The Morgan fingerprint density at radius 3 is 2.48 bits per heavy atom. The summed E-state index contributed by atoms with van der Waals surface area (Å²) >= 11 is 7.36. The Morgan fingerprint density at radius 1 is 1.13 bits per heavy atom. The fourth-order valence-corrected chi connectivity index (χ4v) is 3.28. The maximum Gasteiger partial charge on any atom is 0.257 e. The van der Waals surface area contributed by atoms with Crippen molar-refractivity contribution < 1.29 is 4.79 Å². The molecular formula is C18H15ClN2OS. The van der Waals surface area contributed by atoms with Crippen LogP contribution in [0, 0.1) is 0 Å².